The van der Waals surface area contributed by atoms with Gasteiger partial charge in [-0.05, 0) is 19.3 Å². The molecule has 0 aromatic rings. The lowest BCUT2D eigenvalue weighted by Gasteiger charge is -2.06. The van der Waals surface area contributed by atoms with Crippen LogP contribution in [0.25, 0.3) is 0 Å². The number of hydroxylamine groups is 2. The number of nitrogens with zero attached hydrogens (tertiary/aromatic N) is 1. The first kappa shape index (κ1) is 12.7. The number of hydrogen-bond acceptors (Lipinski definition) is 2. The minimum absolute atomic E-state index is 0.798. The predicted molar refractivity (Wildman–Crippen MR) is 56.9 cm³/mol. The SMILES string of the molecule is C=CCCCCCCCCN(C)O. The van der Waals surface area contributed by atoms with Crippen molar-refractivity contribution < 1.29 is 5.21 Å². The van der Waals surface area contributed by atoms with Gasteiger partial charge in [0.15, 0.2) is 0 Å². The van der Waals surface area contributed by atoms with E-state index in [-0.39, 0.29) is 0 Å². The number of allylic oxidation sites excluding steroid dienone is 1. The van der Waals surface area contributed by atoms with Gasteiger partial charge in [0.05, 0.1) is 0 Å². The average Bonchev–Trinajstić information content (AvgIpc) is 2.09. The van der Waals surface area contributed by atoms with Crippen LogP contribution in [-0.4, -0.2) is 23.9 Å². The standard InChI is InChI=1S/C11H23NO/c1-3-4-5-6-7-8-9-10-11-12(2)13/h3,13H,1,4-11H2,2H3. The molecule has 0 saturated heterocycles. The molecule has 0 aromatic carbocycles. The second kappa shape index (κ2) is 9.75. The Bertz CT molecular complexity index is 113. The molecule has 0 fully saturated rings. The number of hydrogen-bond donors (Lipinski definition) is 1. The van der Waals surface area contributed by atoms with Crippen molar-refractivity contribution in [2.45, 2.75) is 44.9 Å². The molecule has 2 nitrogen and oxygen atoms in total. The molecule has 0 spiro atoms. The predicted octanol–water partition coefficient (Wildman–Crippen LogP) is 3.22. The molecule has 0 saturated carbocycles. The van der Waals surface area contributed by atoms with Crippen molar-refractivity contribution in [1.29, 1.82) is 0 Å². The maximum Gasteiger partial charge on any atom is 0.0235 e. The summed E-state index contributed by atoms with van der Waals surface area (Å²) in [6.07, 6.45) is 10.7. The summed E-state index contributed by atoms with van der Waals surface area (Å²) in [4.78, 5) is 0. The van der Waals surface area contributed by atoms with E-state index in [4.69, 9.17) is 5.21 Å². The summed E-state index contributed by atoms with van der Waals surface area (Å²) in [5.74, 6) is 0. The second-order valence-corrected chi connectivity index (χ2v) is 3.58. The zero-order chi connectivity index (χ0) is 9.94. The van der Waals surface area contributed by atoms with Crippen LogP contribution in [0, 0.1) is 0 Å². The third kappa shape index (κ3) is 11.7. The fraction of sp³-hybridized carbons (Fsp3) is 0.818. The fourth-order valence-electron chi connectivity index (χ4n) is 1.34. The Hall–Kier alpha value is -0.340. The van der Waals surface area contributed by atoms with Crippen molar-refractivity contribution >= 4 is 0 Å². The van der Waals surface area contributed by atoms with Crippen molar-refractivity contribution in [2.75, 3.05) is 13.6 Å². The Morgan fingerprint density at radius 2 is 1.62 bits per heavy atom. The Balaban J connectivity index is 2.87. The maximum atomic E-state index is 8.85. The first-order valence-corrected chi connectivity index (χ1v) is 5.28. The van der Waals surface area contributed by atoms with E-state index in [1.807, 2.05) is 6.08 Å². The molecule has 2 heteroatoms. The van der Waals surface area contributed by atoms with Crippen molar-refractivity contribution in [1.82, 2.24) is 5.06 Å². The van der Waals surface area contributed by atoms with Gasteiger partial charge in [0.2, 0.25) is 0 Å². The average molecular weight is 185 g/mol. The van der Waals surface area contributed by atoms with Gasteiger partial charge in [-0.1, -0.05) is 31.8 Å². The van der Waals surface area contributed by atoms with E-state index < -0.39 is 0 Å². The summed E-state index contributed by atoms with van der Waals surface area (Å²) >= 11 is 0. The van der Waals surface area contributed by atoms with Gasteiger partial charge in [0.25, 0.3) is 0 Å². The minimum Gasteiger partial charge on any atom is -0.314 e. The highest BCUT2D eigenvalue weighted by Gasteiger charge is 1.92. The Morgan fingerprint density at radius 3 is 2.15 bits per heavy atom. The molecule has 0 aliphatic rings. The van der Waals surface area contributed by atoms with Gasteiger partial charge in [0, 0.05) is 13.6 Å². The molecular weight excluding hydrogens is 162 g/mol. The third-order valence-corrected chi connectivity index (χ3v) is 2.14. The van der Waals surface area contributed by atoms with Crippen LogP contribution in [0.3, 0.4) is 0 Å². The molecule has 0 aromatic heterocycles. The minimum atomic E-state index is 0.798. The molecule has 78 valence electrons. The molecule has 0 radical (unpaired) electrons. The summed E-state index contributed by atoms with van der Waals surface area (Å²) in [6.45, 7) is 4.49. The fourth-order valence-corrected chi connectivity index (χ4v) is 1.34. The molecule has 0 rings (SSSR count). The van der Waals surface area contributed by atoms with E-state index in [2.05, 4.69) is 6.58 Å². The molecule has 0 aliphatic carbocycles. The van der Waals surface area contributed by atoms with Crippen LogP contribution in [0.15, 0.2) is 12.7 Å². The Kier molecular flexibility index (Phi) is 9.49. The smallest absolute Gasteiger partial charge is 0.0235 e. The summed E-state index contributed by atoms with van der Waals surface area (Å²) in [5.41, 5.74) is 0. The normalized spacial score (nSPS) is 10.7. The molecule has 0 amide bonds. The van der Waals surface area contributed by atoms with Gasteiger partial charge in [-0.2, -0.15) is 5.06 Å². The second-order valence-electron chi connectivity index (χ2n) is 3.58. The number of unbranched alkanes of at least 4 members (excludes halogenated alkanes) is 6. The third-order valence-electron chi connectivity index (χ3n) is 2.14. The molecule has 0 aliphatic heterocycles. The van der Waals surface area contributed by atoms with Crippen LogP contribution in [0.2, 0.25) is 0 Å². The summed E-state index contributed by atoms with van der Waals surface area (Å²) < 4.78 is 0. The Labute approximate surface area is 82.2 Å². The molecule has 0 heterocycles. The monoisotopic (exact) mass is 185 g/mol. The van der Waals surface area contributed by atoms with E-state index in [0.717, 1.165) is 19.4 Å². The lowest BCUT2D eigenvalue weighted by atomic mass is 10.1. The van der Waals surface area contributed by atoms with Gasteiger partial charge in [0.1, 0.15) is 0 Å². The topological polar surface area (TPSA) is 23.5 Å². The molecule has 0 atom stereocenters. The van der Waals surface area contributed by atoms with Crippen LogP contribution in [0.1, 0.15) is 44.9 Å². The maximum absolute atomic E-state index is 8.85. The highest BCUT2D eigenvalue weighted by Crippen LogP contribution is 2.07. The molecule has 1 N–H and O–H groups in total. The molecule has 13 heavy (non-hydrogen) atoms. The largest absolute Gasteiger partial charge is 0.314 e. The molecule has 0 unspecified atom stereocenters. The van der Waals surface area contributed by atoms with Gasteiger partial charge in [-0.15, -0.1) is 6.58 Å². The van der Waals surface area contributed by atoms with Crippen LogP contribution >= 0.6 is 0 Å². The quantitative estimate of drug-likeness (QED) is 0.339. The van der Waals surface area contributed by atoms with Gasteiger partial charge in [-0.3, -0.25) is 0 Å². The van der Waals surface area contributed by atoms with Gasteiger partial charge >= 0.3 is 0 Å². The van der Waals surface area contributed by atoms with Crippen molar-refractivity contribution in [3.8, 4) is 0 Å². The summed E-state index contributed by atoms with van der Waals surface area (Å²) in [5, 5.41) is 10.1. The van der Waals surface area contributed by atoms with E-state index in [1.54, 1.807) is 7.05 Å². The summed E-state index contributed by atoms with van der Waals surface area (Å²) in [7, 11) is 1.70. The highest BCUT2D eigenvalue weighted by atomic mass is 16.5. The van der Waals surface area contributed by atoms with E-state index in [0.29, 0.717) is 0 Å². The van der Waals surface area contributed by atoms with Crippen molar-refractivity contribution in [3.63, 3.8) is 0 Å². The first-order chi connectivity index (χ1) is 6.27. The summed E-state index contributed by atoms with van der Waals surface area (Å²) in [6, 6.07) is 0. The van der Waals surface area contributed by atoms with Crippen molar-refractivity contribution in [2.24, 2.45) is 0 Å². The molecule has 0 bridgehead atoms. The first-order valence-electron chi connectivity index (χ1n) is 5.28. The number of rotatable bonds is 9. The van der Waals surface area contributed by atoms with E-state index in [1.165, 1.54) is 37.2 Å². The molecular formula is C11H23NO. The zero-order valence-electron chi connectivity index (χ0n) is 8.84. The van der Waals surface area contributed by atoms with Gasteiger partial charge < -0.3 is 5.21 Å². The van der Waals surface area contributed by atoms with Gasteiger partial charge in [-0.25, -0.2) is 0 Å². The van der Waals surface area contributed by atoms with Crippen molar-refractivity contribution in [3.05, 3.63) is 12.7 Å². The van der Waals surface area contributed by atoms with Crippen LogP contribution in [0.4, 0.5) is 0 Å². The van der Waals surface area contributed by atoms with E-state index >= 15 is 0 Å². The van der Waals surface area contributed by atoms with E-state index in [9.17, 15) is 0 Å². The lowest BCUT2D eigenvalue weighted by molar-refractivity contribution is -0.0655. The Morgan fingerprint density at radius 1 is 1.08 bits per heavy atom. The van der Waals surface area contributed by atoms with Crippen LogP contribution in [-0.2, 0) is 0 Å². The lowest BCUT2D eigenvalue weighted by Crippen LogP contribution is -2.13. The van der Waals surface area contributed by atoms with Crippen LogP contribution in [0.5, 0.6) is 0 Å². The van der Waals surface area contributed by atoms with Crippen LogP contribution < -0.4 is 0 Å². The highest BCUT2D eigenvalue weighted by molar-refractivity contribution is 4.65. The zero-order valence-corrected chi connectivity index (χ0v) is 8.84.